The zero-order chi connectivity index (χ0) is 14.9. The molecule has 0 radical (unpaired) electrons. The fourth-order valence-electron chi connectivity index (χ4n) is 1.98. The Hall–Kier alpha value is -2.33. The molecule has 0 fully saturated rings. The van der Waals surface area contributed by atoms with E-state index in [1.807, 2.05) is 60.7 Å². The molecule has 0 bridgehead atoms. The first-order valence-corrected chi connectivity index (χ1v) is 6.98. The van der Waals surface area contributed by atoms with Crippen molar-refractivity contribution in [3.63, 3.8) is 0 Å². The van der Waals surface area contributed by atoms with E-state index in [0.29, 0.717) is 6.54 Å². The molecule has 0 heterocycles. The molecule has 1 atom stereocenters. The summed E-state index contributed by atoms with van der Waals surface area (Å²) in [4.78, 5) is 11.6. The molecule has 0 aromatic heterocycles. The highest BCUT2D eigenvalue weighted by Crippen LogP contribution is 2.02. The zero-order valence-electron chi connectivity index (χ0n) is 11.9. The number of carbonyl (C=O) groups is 1. The van der Waals surface area contributed by atoms with Crippen molar-refractivity contribution in [3.05, 3.63) is 71.8 Å². The van der Waals surface area contributed by atoms with Gasteiger partial charge in [0.25, 0.3) is 0 Å². The largest absolute Gasteiger partial charge is 0.445 e. The van der Waals surface area contributed by atoms with E-state index in [9.17, 15) is 4.79 Å². The number of carbonyl (C=O) groups excluding carboxylic acids is 1. The van der Waals surface area contributed by atoms with Crippen LogP contribution in [0.5, 0.6) is 0 Å². The van der Waals surface area contributed by atoms with Crippen LogP contribution in [-0.2, 0) is 17.8 Å². The second-order valence-electron chi connectivity index (χ2n) is 4.89. The molecule has 0 aliphatic heterocycles. The lowest BCUT2D eigenvalue weighted by Crippen LogP contribution is -2.38. The molecule has 3 N–H and O–H groups in total. The van der Waals surface area contributed by atoms with Crippen LogP contribution in [0.4, 0.5) is 4.79 Å². The molecule has 0 aliphatic rings. The van der Waals surface area contributed by atoms with Crippen molar-refractivity contribution >= 4 is 6.09 Å². The molecular weight excluding hydrogens is 264 g/mol. The summed E-state index contributed by atoms with van der Waals surface area (Å²) < 4.78 is 5.12. The summed E-state index contributed by atoms with van der Waals surface area (Å²) in [6.45, 7) is 0.656. The molecule has 21 heavy (non-hydrogen) atoms. The average Bonchev–Trinajstić information content (AvgIpc) is 2.53. The van der Waals surface area contributed by atoms with Crippen molar-refractivity contribution in [1.82, 2.24) is 5.32 Å². The Kier molecular flexibility index (Phi) is 5.79. The number of nitrogens with two attached hydrogens (primary N) is 1. The van der Waals surface area contributed by atoms with E-state index < -0.39 is 6.09 Å². The lowest BCUT2D eigenvalue weighted by atomic mass is 10.1. The van der Waals surface area contributed by atoms with Crippen molar-refractivity contribution < 1.29 is 9.53 Å². The van der Waals surface area contributed by atoms with Gasteiger partial charge in [-0.2, -0.15) is 0 Å². The molecule has 1 amide bonds. The van der Waals surface area contributed by atoms with Gasteiger partial charge in [-0.05, 0) is 17.5 Å². The first-order chi connectivity index (χ1) is 10.2. The van der Waals surface area contributed by atoms with Crippen LogP contribution in [0.3, 0.4) is 0 Å². The topological polar surface area (TPSA) is 64.3 Å². The number of hydrogen-bond donors (Lipinski definition) is 2. The van der Waals surface area contributed by atoms with Gasteiger partial charge in [-0.25, -0.2) is 4.79 Å². The standard InChI is InChI=1S/C17H20N2O2/c18-16(11-14-7-3-1-4-8-14)12-19-17(20)21-13-15-9-5-2-6-10-15/h1-10,16H,11-13,18H2,(H,19,20). The normalized spacial score (nSPS) is 11.7. The van der Waals surface area contributed by atoms with Crippen molar-refractivity contribution in [2.24, 2.45) is 5.73 Å². The van der Waals surface area contributed by atoms with E-state index in [1.165, 1.54) is 0 Å². The van der Waals surface area contributed by atoms with E-state index in [4.69, 9.17) is 10.5 Å². The van der Waals surface area contributed by atoms with Crippen molar-refractivity contribution in [2.45, 2.75) is 19.1 Å². The average molecular weight is 284 g/mol. The van der Waals surface area contributed by atoms with Crippen LogP contribution in [-0.4, -0.2) is 18.7 Å². The molecule has 0 saturated carbocycles. The Balaban J connectivity index is 1.66. The van der Waals surface area contributed by atoms with E-state index in [0.717, 1.165) is 17.5 Å². The van der Waals surface area contributed by atoms with Crippen molar-refractivity contribution in [3.8, 4) is 0 Å². The minimum absolute atomic E-state index is 0.128. The molecule has 110 valence electrons. The van der Waals surface area contributed by atoms with E-state index in [-0.39, 0.29) is 12.6 Å². The molecular formula is C17H20N2O2. The second kappa shape index (κ2) is 8.07. The van der Waals surface area contributed by atoms with E-state index in [1.54, 1.807) is 0 Å². The number of nitrogens with one attached hydrogen (secondary N) is 1. The van der Waals surface area contributed by atoms with Gasteiger partial charge >= 0.3 is 6.09 Å². The van der Waals surface area contributed by atoms with Gasteiger partial charge in [-0.15, -0.1) is 0 Å². The monoisotopic (exact) mass is 284 g/mol. The van der Waals surface area contributed by atoms with Gasteiger partial charge in [-0.1, -0.05) is 60.7 Å². The third-order valence-corrected chi connectivity index (χ3v) is 3.06. The first kappa shape index (κ1) is 15.1. The highest BCUT2D eigenvalue weighted by atomic mass is 16.5. The van der Waals surface area contributed by atoms with Crippen LogP contribution < -0.4 is 11.1 Å². The van der Waals surface area contributed by atoms with Crippen LogP contribution in [0.1, 0.15) is 11.1 Å². The Labute approximate surface area is 124 Å². The predicted octanol–water partition coefficient (Wildman–Crippen LogP) is 2.48. The van der Waals surface area contributed by atoms with Crippen LogP contribution in [0.15, 0.2) is 60.7 Å². The van der Waals surface area contributed by atoms with Crippen LogP contribution in [0.25, 0.3) is 0 Å². The van der Waals surface area contributed by atoms with Gasteiger partial charge in [0.15, 0.2) is 0 Å². The Bertz CT molecular complexity index is 543. The number of rotatable bonds is 6. The van der Waals surface area contributed by atoms with Gasteiger partial charge in [0.1, 0.15) is 6.61 Å². The van der Waals surface area contributed by atoms with Gasteiger partial charge in [0.05, 0.1) is 0 Å². The van der Waals surface area contributed by atoms with Crippen LogP contribution in [0, 0.1) is 0 Å². The number of hydrogen-bond acceptors (Lipinski definition) is 3. The molecule has 2 aromatic rings. The minimum atomic E-state index is -0.442. The third-order valence-electron chi connectivity index (χ3n) is 3.06. The van der Waals surface area contributed by atoms with Gasteiger partial charge in [0, 0.05) is 12.6 Å². The van der Waals surface area contributed by atoms with Gasteiger partial charge in [0.2, 0.25) is 0 Å². The Morgan fingerprint density at radius 1 is 1.00 bits per heavy atom. The Morgan fingerprint density at radius 3 is 2.19 bits per heavy atom. The molecule has 2 rings (SSSR count). The quantitative estimate of drug-likeness (QED) is 0.856. The predicted molar refractivity (Wildman–Crippen MR) is 82.8 cm³/mol. The fraction of sp³-hybridized carbons (Fsp3) is 0.235. The molecule has 1 unspecified atom stereocenters. The summed E-state index contributed by atoms with van der Waals surface area (Å²) in [5.41, 5.74) is 8.11. The second-order valence-corrected chi connectivity index (χ2v) is 4.89. The van der Waals surface area contributed by atoms with Gasteiger partial charge in [-0.3, -0.25) is 0 Å². The highest BCUT2D eigenvalue weighted by Gasteiger charge is 2.07. The smallest absolute Gasteiger partial charge is 0.407 e. The molecule has 2 aromatic carbocycles. The van der Waals surface area contributed by atoms with Crippen LogP contribution >= 0.6 is 0 Å². The van der Waals surface area contributed by atoms with E-state index >= 15 is 0 Å². The summed E-state index contributed by atoms with van der Waals surface area (Å²) in [7, 11) is 0. The third kappa shape index (κ3) is 5.67. The molecule has 4 heteroatoms. The zero-order valence-corrected chi connectivity index (χ0v) is 11.9. The number of amides is 1. The number of benzene rings is 2. The lowest BCUT2D eigenvalue weighted by Gasteiger charge is -2.13. The van der Waals surface area contributed by atoms with Crippen molar-refractivity contribution in [2.75, 3.05) is 6.54 Å². The summed E-state index contributed by atoms with van der Waals surface area (Å²) in [5, 5.41) is 2.69. The highest BCUT2D eigenvalue weighted by molar-refractivity contribution is 5.67. The Morgan fingerprint density at radius 2 is 1.57 bits per heavy atom. The maximum absolute atomic E-state index is 11.6. The summed E-state index contributed by atoms with van der Waals surface area (Å²) in [6, 6.07) is 19.4. The summed E-state index contributed by atoms with van der Waals surface area (Å²) in [5.74, 6) is 0. The summed E-state index contributed by atoms with van der Waals surface area (Å²) >= 11 is 0. The van der Waals surface area contributed by atoms with Gasteiger partial charge < -0.3 is 15.8 Å². The van der Waals surface area contributed by atoms with E-state index in [2.05, 4.69) is 5.32 Å². The number of ether oxygens (including phenoxy) is 1. The first-order valence-electron chi connectivity index (χ1n) is 6.98. The molecule has 0 saturated heterocycles. The molecule has 0 aliphatic carbocycles. The summed E-state index contributed by atoms with van der Waals surface area (Å²) in [6.07, 6.45) is 0.280. The maximum Gasteiger partial charge on any atom is 0.407 e. The fourth-order valence-corrected chi connectivity index (χ4v) is 1.98. The minimum Gasteiger partial charge on any atom is -0.445 e. The number of alkyl carbamates (subject to hydrolysis) is 1. The molecule has 0 spiro atoms. The lowest BCUT2D eigenvalue weighted by molar-refractivity contribution is 0.139. The van der Waals surface area contributed by atoms with Crippen LogP contribution in [0.2, 0.25) is 0 Å². The van der Waals surface area contributed by atoms with Crippen molar-refractivity contribution in [1.29, 1.82) is 0 Å². The maximum atomic E-state index is 11.6. The molecule has 4 nitrogen and oxygen atoms in total. The SMILES string of the molecule is NC(CNC(=O)OCc1ccccc1)Cc1ccccc1.